The molecule has 0 unspecified atom stereocenters. The number of pyridine rings is 1. The standard InChI is InChI=1S/C16H18N2/c1-3-13-8-7-9-14(4-2)16(13)18-12-15-10-5-6-11-17-15/h5-12H,3-4H2,1-2H3/b18-12+. The minimum atomic E-state index is 0.894. The van der Waals surface area contributed by atoms with E-state index in [-0.39, 0.29) is 0 Å². The minimum absolute atomic E-state index is 0.894. The van der Waals surface area contributed by atoms with Crippen LogP contribution in [0.3, 0.4) is 0 Å². The zero-order valence-corrected chi connectivity index (χ0v) is 10.9. The molecular formula is C16H18N2. The molecule has 2 nitrogen and oxygen atoms in total. The Balaban J connectivity index is 2.36. The third-order valence-corrected chi connectivity index (χ3v) is 2.98. The third-order valence-electron chi connectivity index (χ3n) is 2.98. The van der Waals surface area contributed by atoms with Crippen LogP contribution in [0.25, 0.3) is 0 Å². The summed E-state index contributed by atoms with van der Waals surface area (Å²) in [6.45, 7) is 4.32. The molecule has 92 valence electrons. The van der Waals surface area contributed by atoms with Crippen molar-refractivity contribution in [2.75, 3.05) is 0 Å². The Morgan fingerprint density at radius 3 is 2.28 bits per heavy atom. The Bertz CT molecular complexity index is 508. The van der Waals surface area contributed by atoms with E-state index in [0.29, 0.717) is 0 Å². The van der Waals surface area contributed by atoms with Crippen molar-refractivity contribution < 1.29 is 0 Å². The number of rotatable bonds is 4. The van der Waals surface area contributed by atoms with E-state index in [0.717, 1.165) is 24.2 Å². The Hall–Kier alpha value is -1.96. The van der Waals surface area contributed by atoms with E-state index in [1.165, 1.54) is 11.1 Å². The molecule has 2 rings (SSSR count). The second kappa shape index (κ2) is 6.10. The van der Waals surface area contributed by atoms with Gasteiger partial charge in [-0.1, -0.05) is 38.1 Å². The SMILES string of the molecule is CCc1cccc(CC)c1/N=C/c1ccccn1. The van der Waals surface area contributed by atoms with Crippen molar-refractivity contribution in [2.45, 2.75) is 26.7 Å². The topological polar surface area (TPSA) is 25.2 Å². The zero-order chi connectivity index (χ0) is 12.8. The zero-order valence-electron chi connectivity index (χ0n) is 10.9. The Labute approximate surface area is 108 Å². The first-order chi connectivity index (χ1) is 8.85. The summed E-state index contributed by atoms with van der Waals surface area (Å²) in [5.41, 5.74) is 4.58. The van der Waals surface area contributed by atoms with Gasteiger partial charge >= 0.3 is 0 Å². The van der Waals surface area contributed by atoms with Crippen LogP contribution in [0.15, 0.2) is 47.6 Å². The first kappa shape index (κ1) is 12.5. The van der Waals surface area contributed by atoms with Crippen LogP contribution in [0.5, 0.6) is 0 Å². The number of hydrogen-bond donors (Lipinski definition) is 0. The van der Waals surface area contributed by atoms with Gasteiger partial charge in [-0.25, -0.2) is 0 Å². The van der Waals surface area contributed by atoms with E-state index in [2.05, 4.69) is 42.0 Å². The quantitative estimate of drug-likeness (QED) is 0.740. The molecule has 0 fully saturated rings. The fourth-order valence-electron chi connectivity index (χ4n) is 1.96. The molecule has 0 aliphatic carbocycles. The molecule has 1 aromatic heterocycles. The highest BCUT2D eigenvalue weighted by atomic mass is 14.8. The molecule has 0 amide bonds. The summed E-state index contributed by atoms with van der Waals surface area (Å²) in [4.78, 5) is 8.89. The van der Waals surface area contributed by atoms with Crippen molar-refractivity contribution in [2.24, 2.45) is 4.99 Å². The lowest BCUT2D eigenvalue weighted by Crippen LogP contribution is -1.90. The van der Waals surface area contributed by atoms with Gasteiger partial charge in [-0.3, -0.25) is 9.98 Å². The fourth-order valence-corrected chi connectivity index (χ4v) is 1.96. The molecule has 0 aliphatic rings. The van der Waals surface area contributed by atoms with E-state index >= 15 is 0 Å². The van der Waals surface area contributed by atoms with Crippen LogP contribution in [-0.2, 0) is 12.8 Å². The predicted octanol–water partition coefficient (Wildman–Crippen LogP) is 3.96. The first-order valence-corrected chi connectivity index (χ1v) is 6.41. The first-order valence-electron chi connectivity index (χ1n) is 6.41. The molecule has 0 spiro atoms. The summed E-state index contributed by atoms with van der Waals surface area (Å²) >= 11 is 0. The van der Waals surface area contributed by atoms with Crippen molar-refractivity contribution in [3.8, 4) is 0 Å². The number of aryl methyl sites for hydroxylation is 2. The molecule has 2 aromatic rings. The van der Waals surface area contributed by atoms with Crippen molar-refractivity contribution in [3.05, 3.63) is 59.4 Å². The monoisotopic (exact) mass is 238 g/mol. The lowest BCUT2D eigenvalue weighted by Gasteiger charge is -2.07. The second-order valence-corrected chi connectivity index (χ2v) is 4.14. The average molecular weight is 238 g/mol. The molecule has 0 radical (unpaired) electrons. The summed E-state index contributed by atoms with van der Waals surface area (Å²) in [6.07, 6.45) is 5.63. The predicted molar refractivity (Wildman–Crippen MR) is 76.7 cm³/mol. The van der Waals surface area contributed by atoms with Gasteiger partial charge in [0.25, 0.3) is 0 Å². The largest absolute Gasteiger partial charge is 0.255 e. The number of aromatic nitrogens is 1. The van der Waals surface area contributed by atoms with Crippen LogP contribution in [0.2, 0.25) is 0 Å². The maximum atomic E-state index is 4.63. The van der Waals surface area contributed by atoms with Gasteiger partial charge in [0, 0.05) is 6.20 Å². The van der Waals surface area contributed by atoms with Gasteiger partial charge < -0.3 is 0 Å². The van der Waals surface area contributed by atoms with E-state index in [9.17, 15) is 0 Å². The molecule has 1 aromatic carbocycles. The van der Waals surface area contributed by atoms with E-state index in [1.807, 2.05) is 24.4 Å². The van der Waals surface area contributed by atoms with E-state index in [1.54, 1.807) is 6.20 Å². The Kier molecular flexibility index (Phi) is 4.24. The van der Waals surface area contributed by atoms with Crippen LogP contribution < -0.4 is 0 Å². The molecule has 18 heavy (non-hydrogen) atoms. The highest BCUT2D eigenvalue weighted by molar-refractivity contribution is 5.80. The normalized spacial score (nSPS) is 11.0. The van der Waals surface area contributed by atoms with Gasteiger partial charge in [0.1, 0.15) is 0 Å². The fraction of sp³-hybridized carbons (Fsp3) is 0.250. The molecule has 0 N–H and O–H groups in total. The second-order valence-electron chi connectivity index (χ2n) is 4.14. The minimum Gasteiger partial charge on any atom is -0.255 e. The van der Waals surface area contributed by atoms with Crippen LogP contribution in [-0.4, -0.2) is 11.2 Å². The Morgan fingerprint density at radius 1 is 1.00 bits per heavy atom. The van der Waals surface area contributed by atoms with Gasteiger partial charge in [0.05, 0.1) is 17.6 Å². The van der Waals surface area contributed by atoms with Crippen molar-refractivity contribution >= 4 is 11.9 Å². The lowest BCUT2D eigenvalue weighted by molar-refractivity contribution is 1.08. The molecule has 0 aliphatic heterocycles. The van der Waals surface area contributed by atoms with Crippen LogP contribution >= 0.6 is 0 Å². The van der Waals surface area contributed by atoms with Crippen LogP contribution in [0.4, 0.5) is 5.69 Å². The van der Waals surface area contributed by atoms with Gasteiger partial charge in [-0.2, -0.15) is 0 Å². The number of benzene rings is 1. The smallest absolute Gasteiger partial charge is 0.0812 e. The molecular weight excluding hydrogens is 220 g/mol. The van der Waals surface area contributed by atoms with Crippen molar-refractivity contribution in [3.63, 3.8) is 0 Å². The number of nitrogens with zero attached hydrogens (tertiary/aromatic N) is 2. The molecule has 2 heteroatoms. The third kappa shape index (κ3) is 2.83. The summed E-state index contributed by atoms with van der Waals surface area (Å²) < 4.78 is 0. The molecule has 0 bridgehead atoms. The van der Waals surface area contributed by atoms with Gasteiger partial charge in [-0.15, -0.1) is 0 Å². The Morgan fingerprint density at radius 2 is 1.72 bits per heavy atom. The van der Waals surface area contributed by atoms with E-state index in [4.69, 9.17) is 0 Å². The average Bonchev–Trinajstić information content (AvgIpc) is 2.45. The summed E-state index contributed by atoms with van der Waals surface area (Å²) in [7, 11) is 0. The van der Waals surface area contributed by atoms with Crippen LogP contribution in [0, 0.1) is 0 Å². The molecule has 1 heterocycles. The summed E-state index contributed by atoms with van der Waals surface area (Å²) in [5, 5.41) is 0. The molecule has 0 saturated carbocycles. The molecule has 0 saturated heterocycles. The van der Waals surface area contributed by atoms with Crippen molar-refractivity contribution in [1.82, 2.24) is 4.98 Å². The molecule has 0 atom stereocenters. The van der Waals surface area contributed by atoms with Crippen molar-refractivity contribution in [1.29, 1.82) is 0 Å². The summed E-state index contributed by atoms with van der Waals surface area (Å²) in [6, 6.07) is 12.2. The maximum absolute atomic E-state index is 4.63. The number of para-hydroxylation sites is 1. The van der Waals surface area contributed by atoms with E-state index < -0.39 is 0 Å². The van der Waals surface area contributed by atoms with Gasteiger partial charge in [0.2, 0.25) is 0 Å². The maximum Gasteiger partial charge on any atom is 0.0812 e. The van der Waals surface area contributed by atoms with Gasteiger partial charge in [-0.05, 0) is 36.1 Å². The van der Waals surface area contributed by atoms with Crippen LogP contribution in [0.1, 0.15) is 30.7 Å². The summed E-state index contributed by atoms with van der Waals surface area (Å²) in [5.74, 6) is 0. The highest BCUT2D eigenvalue weighted by Crippen LogP contribution is 2.25. The number of hydrogen-bond acceptors (Lipinski definition) is 2. The van der Waals surface area contributed by atoms with Gasteiger partial charge in [0.15, 0.2) is 0 Å². The highest BCUT2D eigenvalue weighted by Gasteiger charge is 2.03. The lowest BCUT2D eigenvalue weighted by atomic mass is 10.0. The number of aliphatic imine (C=N–C) groups is 1.